The van der Waals surface area contributed by atoms with Gasteiger partial charge in [-0.3, -0.25) is 0 Å². The van der Waals surface area contributed by atoms with Gasteiger partial charge in [0.1, 0.15) is 5.82 Å². The van der Waals surface area contributed by atoms with Gasteiger partial charge in [0.25, 0.3) is 0 Å². The molecule has 1 atom stereocenters. The van der Waals surface area contributed by atoms with Gasteiger partial charge in [0, 0.05) is 12.6 Å². The number of nitrogens with one attached hydrogen (secondary N) is 1. The Bertz CT molecular complexity index is 392. The Kier molecular flexibility index (Phi) is 4.72. The molecule has 100 valence electrons. The molecule has 1 saturated heterocycles. The van der Waals surface area contributed by atoms with Crippen molar-refractivity contribution in [3.63, 3.8) is 0 Å². The van der Waals surface area contributed by atoms with Crippen LogP contribution in [0.2, 0.25) is 0 Å². The van der Waals surface area contributed by atoms with E-state index in [9.17, 15) is 4.39 Å². The standard InChI is InChI=1S/C15H23FN2/c1-12-10-14(16)6-5-13(12)7-8-17-15-4-3-9-18(2)11-15/h5-6,10,15,17H,3-4,7-9,11H2,1-2H3. The Balaban J connectivity index is 1.77. The Morgan fingerprint density at radius 2 is 2.28 bits per heavy atom. The Morgan fingerprint density at radius 1 is 1.44 bits per heavy atom. The van der Waals surface area contributed by atoms with Crippen LogP contribution in [0.15, 0.2) is 18.2 Å². The maximum atomic E-state index is 13.0. The predicted molar refractivity (Wildman–Crippen MR) is 73.4 cm³/mol. The second-order valence-corrected chi connectivity index (χ2v) is 5.38. The van der Waals surface area contributed by atoms with Gasteiger partial charge in [0.15, 0.2) is 0 Å². The summed E-state index contributed by atoms with van der Waals surface area (Å²) in [5, 5.41) is 3.61. The predicted octanol–water partition coefficient (Wildman–Crippen LogP) is 2.36. The van der Waals surface area contributed by atoms with E-state index < -0.39 is 0 Å². The molecule has 1 heterocycles. The third-order valence-electron chi connectivity index (χ3n) is 3.76. The van der Waals surface area contributed by atoms with E-state index in [0.29, 0.717) is 6.04 Å². The summed E-state index contributed by atoms with van der Waals surface area (Å²) in [6.45, 7) is 5.31. The number of likely N-dealkylation sites (N-methyl/N-ethyl adjacent to an activating group) is 1. The fraction of sp³-hybridized carbons (Fsp3) is 0.600. The Hall–Kier alpha value is -0.930. The molecular formula is C15H23FN2. The minimum absolute atomic E-state index is 0.141. The number of benzene rings is 1. The molecule has 3 heteroatoms. The van der Waals surface area contributed by atoms with Crippen molar-refractivity contribution in [1.82, 2.24) is 10.2 Å². The molecule has 1 aromatic rings. The topological polar surface area (TPSA) is 15.3 Å². The third kappa shape index (κ3) is 3.79. The summed E-state index contributed by atoms with van der Waals surface area (Å²) in [4.78, 5) is 2.38. The molecule has 0 saturated carbocycles. The van der Waals surface area contributed by atoms with Crippen LogP contribution >= 0.6 is 0 Å². The summed E-state index contributed by atoms with van der Waals surface area (Å²) >= 11 is 0. The molecule has 0 spiro atoms. The summed E-state index contributed by atoms with van der Waals surface area (Å²) in [7, 11) is 2.18. The zero-order chi connectivity index (χ0) is 13.0. The van der Waals surface area contributed by atoms with Gasteiger partial charge in [0.2, 0.25) is 0 Å². The molecule has 1 aliphatic heterocycles. The molecule has 0 aromatic heterocycles. The van der Waals surface area contributed by atoms with Crippen molar-refractivity contribution >= 4 is 0 Å². The molecule has 1 N–H and O–H groups in total. The average molecular weight is 250 g/mol. The Labute approximate surface area is 109 Å². The first-order chi connectivity index (χ1) is 8.65. The molecule has 1 aromatic carbocycles. The summed E-state index contributed by atoms with van der Waals surface area (Å²) in [6.07, 6.45) is 3.53. The first-order valence-corrected chi connectivity index (χ1v) is 6.82. The molecule has 1 fully saturated rings. The lowest BCUT2D eigenvalue weighted by Gasteiger charge is -2.30. The first-order valence-electron chi connectivity index (χ1n) is 6.82. The van der Waals surface area contributed by atoms with Crippen molar-refractivity contribution in [2.45, 2.75) is 32.2 Å². The summed E-state index contributed by atoms with van der Waals surface area (Å²) in [5.41, 5.74) is 2.30. The molecule has 2 nitrogen and oxygen atoms in total. The lowest BCUT2D eigenvalue weighted by molar-refractivity contribution is 0.228. The van der Waals surface area contributed by atoms with Crippen molar-refractivity contribution < 1.29 is 4.39 Å². The highest BCUT2D eigenvalue weighted by Crippen LogP contribution is 2.11. The van der Waals surface area contributed by atoms with Crippen LogP contribution in [0.4, 0.5) is 4.39 Å². The largest absolute Gasteiger partial charge is 0.312 e. The van der Waals surface area contributed by atoms with Crippen LogP contribution in [0.5, 0.6) is 0 Å². The highest BCUT2D eigenvalue weighted by Gasteiger charge is 2.15. The quantitative estimate of drug-likeness (QED) is 0.882. The van der Waals surface area contributed by atoms with Gasteiger partial charge < -0.3 is 10.2 Å². The molecule has 0 bridgehead atoms. The monoisotopic (exact) mass is 250 g/mol. The lowest BCUT2D eigenvalue weighted by atomic mass is 10.0. The van der Waals surface area contributed by atoms with Crippen LogP contribution in [0.1, 0.15) is 24.0 Å². The molecule has 1 aliphatic rings. The van der Waals surface area contributed by atoms with E-state index in [0.717, 1.165) is 25.1 Å². The first kappa shape index (κ1) is 13.5. The van der Waals surface area contributed by atoms with Gasteiger partial charge in [-0.25, -0.2) is 4.39 Å². The fourth-order valence-corrected chi connectivity index (χ4v) is 2.68. The lowest BCUT2D eigenvalue weighted by Crippen LogP contribution is -2.44. The second-order valence-electron chi connectivity index (χ2n) is 5.38. The van der Waals surface area contributed by atoms with E-state index in [1.807, 2.05) is 13.0 Å². The fourth-order valence-electron chi connectivity index (χ4n) is 2.68. The van der Waals surface area contributed by atoms with E-state index in [-0.39, 0.29) is 5.82 Å². The van der Waals surface area contributed by atoms with Gasteiger partial charge in [-0.2, -0.15) is 0 Å². The molecule has 1 unspecified atom stereocenters. The van der Waals surface area contributed by atoms with Crippen molar-refractivity contribution in [2.24, 2.45) is 0 Å². The van der Waals surface area contributed by atoms with Crippen molar-refractivity contribution in [2.75, 3.05) is 26.7 Å². The Morgan fingerprint density at radius 3 is 3.00 bits per heavy atom. The highest BCUT2D eigenvalue weighted by atomic mass is 19.1. The number of piperidine rings is 1. The number of hydrogen-bond acceptors (Lipinski definition) is 2. The number of hydrogen-bond donors (Lipinski definition) is 1. The maximum Gasteiger partial charge on any atom is 0.123 e. The molecule has 2 rings (SSSR count). The summed E-state index contributed by atoms with van der Waals surface area (Å²) in [5.74, 6) is -0.141. The van der Waals surface area contributed by atoms with Gasteiger partial charge >= 0.3 is 0 Å². The normalized spacial score (nSPS) is 21.2. The minimum Gasteiger partial charge on any atom is -0.312 e. The number of aryl methyl sites for hydroxylation is 1. The van der Waals surface area contributed by atoms with Crippen LogP contribution in [-0.2, 0) is 6.42 Å². The highest BCUT2D eigenvalue weighted by molar-refractivity contribution is 5.26. The van der Waals surface area contributed by atoms with Crippen LogP contribution in [0.25, 0.3) is 0 Å². The smallest absolute Gasteiger partial charge is 0.123 e. The van der Waals surface area contributed by atoms with Crippen LogP contribution in [0, 0.1) is 12.7 Å². The van der Waals surface area contributed by atoms with Gasteiger partial charge in [-0.15, -0.1) is 0 Å². The third-order valence-corrected chi connectivity index (χ3v) is 3.76. The van der Waals surface area contributed by atoms with Crippen molar-refractivity contribution in [3.05, 3.63) is 35.1 Å². The van der Waals surface area contributed by atoms with E-state index >= 15 is 0 Å². The maximum absolute atomic E-state index is 13.0. The molecule has 0 aliphatic carbocycles. The zero-order valence-electron chi connectivity index (χ0n) is 11.4. The average Bonchev–Trinajstić information content (AvgIpc) is 2.32. The van der Waals surface area contributed by atoms with Crippen molar-refractivity contribution in [3.8, 4) is 0 Å². The molecule has 18 heavy (non-hydrogen) atoms. The van der Waals surface area contributed by atoms with Crippen LogP contribution in [-0.4, -0.2) is 37.6 Å². The van der Waals surface area contributed by atoms with Crippen LogP contribution in [0.3, 0.4) is 0 Å². The summed E-state index contributed by atoms with van der Waals surface area (Å²) in [6, 6.07) is 5.68. The van der Waals surface area contributed by atoms with Gasteiger partial charge in [-0.05, 0) is 69.6 Å². The second kappa shape index (κ2) is 6.30. The van der Waals surface area contributed by atoms with Crippen molar-refractivity contribution in [1.29, 1.82) is 0 Å². The minimum atomic E-state index is -0.141. The zero-order valence-corrected chi connectivity index (χ0v) is 11.4. The number of likely N-dealkylation sites (tertiary alicyclic amines) is 1. The van der Waals surface area contributed by atoms with Crippen LogP contribution < -0.4 is 5.32 Å². The SMILES string of the molecule is Cc1cc(F)ccc1CCNC1CCCN(C)C1. The molecule has 0 amide bonds. The van der Waals surface area contributed by atoms with Gasteiger partial charge in [-0.1, -0.05) is 6.07 Å². The van der Waals surface area contributed by atoms with E-state index in [1.54, 1.807) is 12.1 Å². The number of rotatable bonds is 4. The number of halogens is 1. The summed E-state index contributed by atoms with van der Waals surface area (Å²) < 4.78 is 13.0. The molecular weight excluding hydrogens is 227 g/mol. The van der Waals surface area contributed by atoms with Gasteiger partial charge in [0.05, 0.1) is 0 Å². The number of nitrogens with zero attached hydrogens (tertiary/aromatic N) is 1. The van der Waals surface area contributed by atoms with E-state index in [4.69, 9.17) is 0 Å². The van der Waals surface area contributed by atoms with E-state index in [1.165, 1.54) is 24.9 Å². The molecule has 0 radical (unpaired) electrons. The van der Waals surface area contributed by atoms with E-state index in [2.05, 4.69) is 17.3 Å².